The van der Waals surface area contributed by atoms with E-state index in [0.717, 1.165) is 16.6 Å². The monoisotopic (exact) mass is 408 g/mol. The van der Waals surface area contributed by atoms with E-state index in [9.17, 15) is 0 Å². The summed E-state index contributed by atoms with van der Waals surface area (Å²) in [7, 11) is 0. The van der Waals surface area contributed by atoms with Crippen molar-refractivity contribution in [1.29, 1.82) is 0 Å². The number of hydrogen-bond donors (Lipinski definition) is 0. The third-order valence-corrected chi connectivity index (χ3v) is 3.40. The molecule has 1 heterocycles. The van der Waals surface area contributed by atoms with Gasteiger partial charge in [-0.25, -0.2) is 0 Å². The van der Waals surface area contributed by atoms with Crippen LogP contribution in [0.3, 0.4) is 0 Å². The third kappa shape index (κ3) is 9.22. The van der Waals surface area contributed by atoms with Crippen LogP contribution in [0.25, 0.3) is 10.9 Å². The van der Waals surface area contributed by atoms with Crippen LogP contribution < -0.4 is 4.57 Å². The van der Waals surface area contributed by atoms with Crippen LogP contribution in [0.1, 0.15) is 5.69 Å². The first-order valence-corrected chi connectivity index (χ1v) is 9.20. The van der Waals surface area contributed by atoms with Crippen molar-refractivity contribution in [3.8, 4) is 131 Å². The minimum atomic E-state index is 1.03. The molecule has 2 rings (SSSR count). The van der Waals surface area contributed by atoms with Crippen molar-refractivity contribution in [2.45, 2.75) is 6.92 Å². The van der Waals surface area contributed by atoms with E-state index in [-0.39, 0.29) is 0 Å². The zero-order valence-corrected chi connectivity index (χ0v) is 17.5. The maximum absolute atomic E-state index is 4.94. The minimum absolute atomic E-state index is 1.03. The van der Waals surface area contributed by atoms with Crippen LogP contribution in [0.4, 0.5) is 0 Å². The molecule has 0 saturated carbocycles. The van der Waals surface area contributed by atoms with Gasteiger partial charge in [-0.15, -0.1) is 11.0 Å². The molecule has 1 aromatic carbocycles. The summed E-state index contributed by atoms with van der Waals surface area (Å²) in [5, 5.41) is 1.11. The topological polar surface area (TPSA) is 3.88 Å². The number of terminal acetylenes is 1. The molecule has 0 amide bonds. The molecule has 0 aliphatic rings. The first-order chi connectivity index (χ1) is 16.3. The van der Waals surface area contributed by atoms with Crippen molar-refractivity contribution in [2.75, 3.05) is 0 Å². The Morgan fingerprint density at radius 2 is 0.939 bits per heavy atom. The van der Waals surface area contributed by atoms with Gasteiger partial charge in [0.1, 0.15) is 0 Å². The summed E-state index contributed by atoms with van der Waals surface area (Å²) >= 11 is 0. The second-order valence-corrected chi connectivity index (χ2v) is 5.50. The predicted molar refractivity (Wildman–Crippen MR) is 131 cm³/mol. The molecule has 33 heavy (non-hydrogen) atoms. The summed E-state index contributed by atoms with van der Waals surface area (Å²) in [6.07, 6.45) is 4.94. The lowest BCUT2D eigenvalue weighted by Gasteiger charge is -1.95. The number of pyridine rings is 1. The Balaban J connectivity index is 1.89. The van der Waals surface area contributed by atoms with Gasteiger partial charge >= 0.3 is 0 Å². The van der Waals surface area contributed by atoms with Crippen LogP contribution >= 0.6 is 0 Å². The Kier molecular flexibility index (Phi) is 10.3. The van der Waals surface area contributed by atoms with Crippen molar-refractivity contribution in [2.24, 2.45) is 0 Å². The fourth-order valence-electron chi connectivity index (χ4n) is 2.11. The average Bonchev–Trinajstić information content (AvgIpc) is 2.84. The third-order valence-electron chi connectivity index (χ3n) is 3.40. The van der Waals surface area contributed by atoms with Crippen LogP contribution in [-0.4, -0.2) is 0 Å². The number of rotatable bonds is 0. The predicted octanol–water partition coefficient (Wildman–Crippen LogP) is 1.91. The molecular formula is C32H10N+. The van der Waals surface area contributed by atoms with Crippen molar-refractivity contribution in [1.82, 2.24) is 0 Å². The molecule has 0 bridgehead atoms. The zero-order valence-electron chi connectivity index (χ0n) is 17.5. The van der Waals surface area contributed by atoms with E-state index in [2.05, 4.69) is 131 Å². The van der Waals surface area contributed by atoms with E-state index < -0.39 is 0 Å². The molecule has 0 spiro atoms. The number of para-hydroxylation sites is 1. The Labute approximate surface area is 195 Å². The van der Waals surface area contributed by atoms with Crippen LogP contribution in [0.2, 0.25) is 0 Å². The molecule has 0 atom stereocenters. The Morgan fingerprint density at radius 3 is 1.42 bits per heavy atom. The molecule has 142 valence electrons. The van der Waals surface area contributed by atoms with Gasteiger partial charge in [0, 0.05) is 89.6 Å². The Bertz CT molecular complexity index is 1780. The average molecular weight is 408 g/mol. The largest absolute Gasteiger partial charge is 0.243 e. The molecule has 0 unspecified atom stereocenters. The lowest BCUT2D eigenvalue weighted by Crippen LogP contribution is -2.32. The molecular weight excluding hydrogens is 398 g/mol. The van der Waals surface area contributed by atoms with Crippen molar-refractivity contribution < 1.29 is 4.57 Å². The van der Waals surface area contributed by atoms with Crippen LogP contribution in [0.15, 0.2) is 36.4 Å². The quantitative estimate of drug-likeness (QED) is 0.463. The second-order valence-electron chi connectivity index (χ2n) is 5.50. The highest BCUT2D eigenvalue weighted by Gasteiger charge is 2.09. The molecule has 0 aliphatic heterocycles. The number of benzene rings is 1. The summed E-state index contributed by atoms with van der Waals surface area (Å²) in [5.74, 6) is 50.4. The first kappa shape index (κ1) is 23.1. The van der Waals surface area contributed by atoms with Crippen molar-refractivity contribution in [3.05, 3.63) is 42.1 Å². The standard InChI is InChI=1S/C32H10N/c1-3-4-5-6-7-8-9-10-11-12-13-14-15-16-17-18-19-20-21-24-29-33-30(2)27-28-31-25-22-23-26-32(31)33/h1,22-23,25-28H,2H3/q+1. The van der Waals surface area contributed by atoms with E-state index >= 15 is 0 Å². The molecule has 1 aromatic heterocycles. The highest BCUT2D eigenvalue weighted by molar-refractivity contribution is 5.75. The number of aryl methyl sites for hydroxylation is 1. The lowest BCUT2D eigenvalue weighted by atomic mass is 10.2. The van der Waals surface area contributed by atoms with Gasteiger partial charge in [-0.05, 0) is 59.5 Å². The Morgan fingerprint density at radius 1 is 0.515 bits per heavy atom. The van der Waals surface area contributed by atoms with E-state index in [1.165, 1.54) is 0 Å². The van der Waals surface area contributed by atoms with Gasteiger partial charge in [0.15, 0.2) is 5.69 Å². The number of nitrogens with zero attached hydrogens (tertiary/aromatic N) is 1. The summed E-state index contributed by atoms with van der Waals surface area (Å²) in [6.45, 7) is 1.99. The summed E-state index contributed by atoms with van der Waals surface area (Å²) < 4.78 is 1.90. The zero-order chi connectivity index (χ0) is 23.4. The smallest absolute Gasteiger partial charge is 0.108 e. The van der Waals surface area contributed by atoms with Gasteiger partial charge in [0.05, 0.1) is 5.92 Å². The summed E-state index contributed by atoms with van der Waals surface area (Å²) in [6, 6.07) is 15.1. The molecule has 0 radical (unpaired) electrons. The van der Waals surface area contributed by atoms with Crippen LogP contribution in [0, 0.1) is 138 Å². The molecule has 0 aliphatic carbocycles. The van der Waals surface area contributed by atoms with Crippen molar-refractivity contribution in [3.63, 3.8) is 0 Å². The van der Waals surface area contributed by atoms with Gasteiger partial charge in [0.25, 0.3) is 0 Å². The van der Waals surface area contributed by atoms with Gasteiger partial charge in [-0.1, -0.05) is 12.1 Å². The maximum Gasteiger partial charge on any atom is 0.243 e. The number of hydrogen-bond acceptors (Lipinski definition) is 0. The fraction of sp³-hybridized carbons (Fsp3) is 0.0312. The number of fused-ring (bicyclic) bond motifs is 1. The highest BCUT2D eigenvalue weighted by atomic mass is 14.9. The van der Waals surface area contributed by atoms with Crippen molar-refractivity contribution >= 4 is 10.9 Å². The van der Waals surface area contributed by atoms with Gasteiger partial charge in [0.2, 0.25) is 11.6 Å². The lowest BCUT2D eigenvalue weighted by molar-refractivity contribution is -0.562. The van der Waals surface area contributed by atoms with Gasteiger partial charge in [-0.2, -0.15) is 0 Å². The van der Waals surface area contributed by atoms with Gasteiger partial charge < -0.3 is 0 Å². The molecule has 2 aromatic rings. The van der Waals surface area contributed by atoms with E-state index in [1.807, 2.05) is 41.8 Å². The minimum Gasteiger partial charge on any atom is -0.108 e. The van der Waals surface area contributed by atoms with E-state index in [1.54, 1.807) is 0 Å². The van der Waals surface area contributed by atoms with Crippen LogP contribution in [0.5, 0.6) is 0 Å². The number of aromatic nitrogens is 1. The van der Waals surface area contributed by atoms with E-state index in [4.69, 9.17) is 6.42 Å². The molecule has 0 saturated heterocycles. The van der Waals surface area contributed by atoms with Gasteiger partial charge in [-0.3, -0.25) is 0 Å². The summed E-state index contributed by atoms with van der Waals surface area (Å²) in [5.41, 5.74) is 2.05. The molecule has 0 N–H and O–H groups in total. The van der Waals surface area contributed by atoms with Crippen LogP contribution in [-0.2, 0) is 0 Å². The molecule has 1 nitrogen and oxygen atoms in total. The summed E-state index contributed by atoms with van der Waals surface area (Å²) in [4.78, 5) is 0. The first-order valence-electron chi connectivity index (χ1n) is 9.20. The molecule has 0 fully saturated rings. The Hall–Kier alpha value is -6.21. The SMILES string of the molecule is C#CC#CC#CC#CC#CC#CC#CC#CC#CC#CC#C[n+]1c(C)ccc2ccccc21. The normalized spacial score (nSPS) is 6.30. The maximum atomic E-state index is 4.94. The molecule has 1 heteroatoms. The second kappa shape index (κ2) is 14.7. The fourth-order valence-corrected chi connectivity index (χ4v) is 2.11. The highest BCUT2D eigenvalue weighted by Crippen LogP contribution is 2.09. The van der Waals surface area contributed by atoms with E-state index in [0.29, 0.717) is 0 Å².